The number of carbonyl (C=O) groups is 1. The number of allylic oxidation sites excluding steroid dienone is 1. The molecule has 0 aliphatic carbocycles. The topological polar surface area (TPSA) is 72.0 Å². The highest BCUT2D eigenvalue weighted by Crippen LogP contribution is 2.35. The molecule has 0 bridgehead atoms. The van der Waals surface area contributed by atoms with Crippen LogP contribution in [0, 0.1) is 6.92 Å². The second kappa shape index (κ2) is 9.80. The molecule has 2 aromatic heterocycles. The number of rotatable bonds is 6. The molecule has 36 heavy (non-hydrogen) atoms. The van der Waals surface area contributed by atoms with Gasteiger partial charge in [-0.25, -0.2) is 0 Å². The Bertz CT molecular complexity index is 1710. The summed E-state index contributed by atoms with van der Waals surface area (Å²) in [5, 5.41) is 2.20. The lowest BCUT2D eigenvalue weighted by molar-refractivity contribution is 0.104. The largest absolute Gasteiger partial charge is 0.494 e. The van der Waals surface area contributed by atoms with Crippen molar-refractivity contribution < 1.29 is 9.53 Å². The number of carbonyl (C=O) groups excluding carboxylic acids is 1. The fraction of sp³-hybridized carbons (Fsp3) is 0.100. The molecule has 0 saturated heterocycles. The Balaban J connectivity index is 1.60. The maximum atomic E-state index is 13.6. The van der Waals surface area contributed by atoms with Gasteiger partial charge in [-0.2, -0.15) is 0 Å². The van der Waals surface area contributed by atoms with E-state index in [-0.39, 0.29) is 11.3 Å². The van der Waals surface area contributed by atoms with Gasteiger partial charge in [0.25, 0.3) is 5.56 Å². The van der Waals surface area contributed by atoms with Crippen LogP contribution in [0.1, 0.15) is 28.5 Å². The number of hydrogen-bond donors (Lipinski definition) is 1. The van der Waals surface area contributed by atoms with E-state index >= 15 is 0 Å². The lowest BCUT2D eigenvalue weighted by Crippen LogP contribution is -2.10. The highest BCUT2D eigenvalue weighted by atomic mass is 35.5. The first-order valence-electron chi connectivity index (χ1n) is 11.6. The molecule has 0 aliphatic rings. The Labute approximate surface area is 213 Å². The second-order valence-electron chi connectivity index (χ2n) is 8.41. The molecule has 5 rings (SSSR count). The van der Waals surface area contributed by atoms with Crippen molar-refractivity contribution in [3.8, 4) is 16.9 Å². The number of aryl methyl sites for hydroxylation is 1. The van der Waals surface area contributed by atoms with Crippen LogP contribution in [0.15, 0.2) is 83.7 Å². The third kappa shape index (κ3) is 4.53. The maximum absolute atomic E-state index is 13.6. The van der Waals surface area contributed by atoms with E-state index in [2.05, 4.69) is 9.97 Å². The predicted molar refractivity (Wildman–Crippen MR) is 146 cm³/mol. The monoisotopic (exact) mass is 494 g/mol. The summed E-state index contributed by atoms with van der Waals surface area (Å²) >= 11 is 6.31. The minimum atomic E-state index is -0.288. The van der Waals surface area contributed by atoms with Crippen LogP contribution in [0.3, 0.4) is 0 Å². The Kier molecular flexibility index (Phi) is 6.40. The minimum Gasteiger partial charge on any atom is -0.494 e. The van der Waals surface area contributed by atoms with Crippen molar-refractivity contribution in [3.05, 3.63) is 111 Å². The van der Waals surface area contributed by atoms with Crippen molar-refractivity contribution in [1.82, 2.24) is 9.97 Å². The molecule has 178 valence electrons. The average Bonchev–Trinajstić information content (AvgIpc) is 2.87. The molecule has 0 atom stereocenters. The fourth-order valence-electron chi connectivity index (χ4n) is 4.39. The summed E-state index contributed by atoms with van der Waals surface area (Å²) in [5.74, 6) is 0.443. The van der Waals surface area contributed by atoms with E-state index in [9.17, 15) is 9.59 Å². The van der Waals surface area contributed by atoms with E-state index in [1.54, 1.807) is 24.3 Å². The summed E-state index contributed by atoms with van der Waals surface area (Å²) < 4.78 is 5.51. The first-order valence-corrected chi connectivity index (χ1v) is 12.0. The Hall–Kier alpha value is -4.22. The number of aromatic nitrogens is 2. The summed E-state index contributed by atoms with van der Waals surface area (Å²) in [6.45, 7) is 4.27. The lowest BCUT2D eigenvalue weighted by atomic mass is 9.92. The van der Waals surface area contributed by atoms with Gasteiger partial charge in [0.1, 0.15) is 5.75 Å². The zero-order valence-electron chi connectivity index (χ0n) is 19.8. The van der Waals surface area contributed by atoms with Crippen molar-refractivity contribution in [2.75, 3.05) is 6.61 Å². The minimum absolute atomic E-state index is 0.244. The van der Waals surface area contributed by atoms with E-state index in [0.29, 0.717) is 39.7 Å². The standard InChI is InChI=1S/C30H23ClN2O3/c1-3-36-23-12-9-20-15-21(30(35)33-26(20)17-23)10-14-27(34)28-18(2)32-25-13-11-22(31)16-24(25)29(28)19-7-5-4-6-8-19/h4-17H,3H2,1-2H3,(H,33,35)/b14-10+. The van der Waals surface area contributed by atoms with Crippen LogP contribution in [-0.4, -0.2) is 22.4 Å². The van der Waals surface area contributed by atoms with Gasteiger partial charge < -0.3 is 9.72 Å². The van der Waals surface area contributed by atoms with Crippen LogP contribution < -0.4 is 10.3 Å². The third-order valence-electron chi connectivity index (χ3n) is 6.01. The summed E-state index contributed by atoms with van der Waals surface area (Å²) in [4.78, 5) is 33.8. The molecule has 0 aliphatic heterocycles. The number of H-pyrrole nitrogens is 1. The number of ether oxygens (including phenoxy) is 1. The smallest absolute Gasteiger partial charge is 0.255 e. The molecular formula is C30H23ClN2O3. The van der Waals surface area contributed by atoms with Gasteiger partial charge in [0.05, 0.1) is 23.2 Å². The van der Waals surface area contributed by atoms with Crippen LogP contribution in [-0.2, 0) is 0 Å². The number of ketones is 1. The number of benzene rings is 3. The van der Waals surface area contributed by atoms with Crippen LogP contribution in [0.5, 0.6) is 5.75 Å². The molecule has 0 fully saturated rings. The maximum Gasteiger partial charge on any atom is 0.255 e. The number of pyridine rings is 2. The van der Waals surface area contributed by atoms with Gasteiger partial charge in [-0.1, -0.05) is 41.9 Å². The van der Waals surface area contributed by atoms with Crippen LogP contribution in [0.4, 0.5) is 0 Å². The summed E-state index contributed by atoms with van der Waals surface area (Å²) in [5.41, 5.74) is 4.27. The van der Waals surface area contributed by atoms with Crippen molar-refractivity contribution in [2.24, 2.45) is 0 Å². The summed E-state index contributed by atoms with van der Waals surface area (Å²) in [7, 11) is 0. The molecule has 3 aromatic carbocycles. The van der Waals surface area contributed by atoms with E-state index in [0.717, 1.165) is 27.4 Å². The molecule has 0 amide bonds. The molecular weight excluding hydrogens is 472 g/mol. The molecule has 1 N–H and O–H groups in total. The summed E-state index contributed by atoms with van der Waals surface area (Å²) in [6, 6.07) is 22.5. The van der Waals surface area contributed by atoms with Crippen molar-refractivity contribution in [1.29, 1.82) is 0 Å². The van der Waals surface area contributed by atoms with Gasteiger partial charge in [0, 0.05) is 33.3 Å². The number of halogens is 1. The lowest BCUT2D eigenvalue weighted by Gasteiger charge is -2.14. The number of nitrogens with one attached hydrogen (secondary N) is 1. The van der Waals surface area contributed by atoms with Gasteiger partial charge in [0.2, 0.25) is 0 Å². The highest BCUT2D eigenvalue weighted by molar-refractivity contribution is 6.31. The molecule has 5 aromatic rings. The molecule has 2 heterocycles. The molecule has 5 nitrogen and oxygen atoms in total. The number of aromatic amines is 1. The fourth-order valence-corrected chi connectivity index (χ4v) is 4.56. The van der Waals surface area contributed by atoms with Crippen LogP contribution in [0.25, 0.3) is 39.0 Å². The highest BCUT2D eigenvalue weighted by Gasteiger charge is 2.19. The van der Waals surface area contributed by atoms with E-state index in [1.807, 2.05) is 68.4 Å². The van der Waals surface area contributed by atoms with Crippen molar-refractivity contribution >= 4 is 45.3 Å². The molecule has 0 unspecified atom stereocenters. The van der Waals surface area contributed by atoms with Gasteiger partial charge in [0.15, 0.2) is 5.78 Å². The van der Waals surface area contributed by atoms with Crippen LogP contribution in [0.2, 0.25) is 5.02 Å². The number of hydrogen-bond acceptors (Lipinski definition) is 4. The zero-order valence-corrected chi connectivity index (χ0v) is 20.6. The average molecular weight is 495 g/mol. The second-order valence-corrected chi connectivity index (χ2v) is 8.84. The number of nitrogens with zero attached hydrogens (tertiary/aromatic N) is 1. The van der Waals surface area contributed by atoms with Gasteiger partial charge in [-0.15, -0.1) is 0 Å². The third-order valence-corrected chi connectivity index (χ3v) is 6.24. The quantitative estimate of drug-likeness (QED) is 0.204. The van der Waals surface area contributed by atoms with E-state index in [1.165, 1.54) is 6.08 Å². The Morgan fingerprint density at radius 1 is 1.06 bits per heavy atom. The first-order chi connectivity index (χ1) is 17.4. The Morgan fingerprint density at radius 3 is 2.64 bits per heavy atom. The molecule has 0 radical (unpaired) electrons. The Morgan fingerprint density at radius 2 is 1.86 bits per heavy atom. The number of fused-ring (bicyclic) bond motifs is 2. The van der Waals surface area contributed by atoms with E-state index in [4.69, 9.17) is 16.3 Å². The zero-order chi connectivity index (χ0) is 25.2. The molecule has 0 saturated carbocycles. The normalized spacial score (nSPS) is 11.4. The predicted octanol–water partition coefficient (Wildman–Crippen LogP) is 7.00. The van der Waals surface area contributed by atoms with Gasteiger partial charge >= 0.3 is 0 Å². The summed E-state index contributed by atoms with van der Waals surface area (Å²) in [6.07, 6.45) is 2.98. The van der Waals surface area contributed by atoms with Crippen molar-refractivity contribution in [3.63, 3.8) is 0 Å². The van der Waals surface area contributed by atoms with Gasteiger partial charge in [-0.3, -0.25) is 14.6 Å². The molecule has 6 heteroatoms. The SMILES string of the molecule is CCOc1ccc2cc(/C=C/C(=O)c3c(C)nc4ccc(Cl)cc4c3-c3ccccc3)c(=O)[nH]c2c1. The first kappa shape index (κ1) is 23.5. The van der Waals surface area contributed by atoms with Crippen molar-refractivity contribution in [2.45, 2.75) is 13.8 Å². The van der Waals surface area contributed by atoms with Crippen LogP contribution >= 0.6 is 11.6 Å². The molecule has 0 spiro atoms. The van der Waals surface area contributed by atoms with Gasteiger partial charge in [-0.05, 0) is 73.3 Å². The van der Waals surface area contributed by atoms with E-state index < -0.39 is 0 Å².